The van der Waals surface area contributed by atoms with Gasteiger partial charge in [-0.1, -0.05) is 109 Å². The molecule has 5 nitrogen and oxygen atoms in total. The molecule has 0 aliphatic carbocycles. The predicted octanol–water partition coefficient (Wildman–Crippen LogP) is 10.2. The minimum Gasteiger partial charge on any atom is -0.308 e. The number of fused-ring (bicyclic) bond motifs is 6. The van der Waals surface area contributed by atoms with Crippen molar-refractivity contribution in [2.75, 3.05) is 0 Å². The summed E-state index contributed by atoms with van der Waals surface area (Å²) in [6, 6.07) is 50.3. The first kappa shape index (κ1) is 25.9. The Bertz CT molecular complexity index is 2490. The van der Waals surface area contributed by atoms with E-state index in [9.17, 15) is 0 Å². The maximum atomic E-state index is 5.11. The van der Waals surface area contributed by atoms with Crippen LogP contribution in [0.4, 0.5) is 0 Å². The van der Waals surface area contributed by atoms with Gasteiger partial charge >= 0.3 is 0 Å². The Kier molecular flexibility index (Phi) is 5.89. The Labute approximate surface area is 267 Å². The van der Waals surface area contributed by atoms with E-state index in [1.165, 1.54) is 10.8 Å². The number of para-hydroxylation sites is 3. The van der Waals surface area contributed by atoms with E-state index in [-0.39, 0.29) is 0 Å². The predicted molar refractivity (Wildman–Crippen MR) is 187 cm³/mol. The van der Waals surface area contributed by atoms with E-state index < -0.39 is 0 Å². The molecule has 0 spiro atoms. The molecule has 9 rings (SSSR count). The van der Waals surface area contributed by atoms with E-state index in [0.717, 1.165) is 54.1 Å². The number of nitrogens with zero attached hydrogens (tertiary/aromatic N) is 5. The molecule has 0 saturated carbocycles. The summed E-state index contributed by atoms with van der Waals surface area (Å²) in [5.41, 5.74) is 7.37. The van der Waals surface area contributed by atoms with Crippen LogP contribution in [-0.4, -0.2) is 24.1 Å². The fourth-order valence-corrected chi connectivity index (χ4v) is 6.90. The molecule has 0 atom stereocenters. The second-order valence-corrected chi connectivity index (χ2v) is 11.9. The van der Waals surface area contributed by atoms with Crippen LogP contribution in [0.1, 0.15) is 0 Å². The number of benzene rings is 6. The van der Waals surface area contributed by atoms with Gasteiger partial charge in [-0.3, -0.25) is 4.57 Å². The summed E-state index contributed by atoms with van der Waals surface area (Å²) in [6.07, 6.45) is 0. The van der Waals surface area contributed by atoms with Gasteiger partial charge in [0.15, 0.2) is 11.6 Å². The summed E-state index contributed by atoms with van der Waals surface area (Å²) in [7, 11) is 0. The van der Waals surface area contributed by atoms with E-state index in [1.54, 1.807) is 0 Å². The second-order valence-electron chi connectivity index (χ2n) is 11.1. The van der Waals surface area contributed by atoms with Crippen LogP contribution >= 0.6 is 15.9 Å². The average molecular weight is 643 g/mol. The zero-order valence-electron chi connectivity index (χ0n) is 24.0. The number of rotatable bonds is 4. The average Bonchev–Trinajstić information content (AvgIpc) is 3.60. The van der Waals surface area contributed by atoms with E-state index in [4.69, 9.17) is 15.0 Å². The van der Waals surface area contributed by atoms with E-state index in [2.05, 4.69) is 110 Å². The molecule has 0 radical (unpaired) electrons. The molecule has 3 heterocycles. The summed E-state index contributed by atoms with van der Waals surface area (Å²) in [4.78, 5) is 15.2. The highest BCUT2D eigenvalue weighted by atomic mass is 79.9. The number of hydrogen-bond acceptors (Lipinski definition) is 3. The Morgan fingerprint density at radius 1 is 0.400 bits per heavy atom. The lowest BCUT2D eigenvalue weighted by Gasteiger charge is -2.11. The standard InChI is InChI=1S/C39H24BrN5/c40-31-19-9-12-22-34(31)44-32-20-10-7-17-27(32)29-24-36-30(23-35(29)44)28-18-8-11-21-33(28)45(36)39-42-37(25-13-3-1-4-14-25)41-38(43-39)26-15-5-2-6-16-26/h1-24H. The third-order valence-electron chi connectivity index (χ3n) is 8.45. The zero-order valence-corrected chi connectivity index (χ0v) is 25.6. The summed E-state index contributed by atoms with van der Waals surface area (Å²) in [5.74, 6) is 1.86. The van der Waals surface area contributed by atoms with Gasteiger partial charge in [-0.05, 0) is 52.3 Å². The first-order chi connectivity index (χ1) is 22.2. The molecule has 9 aromatic rings. The van der Waals surface area contributed by atoms with Crippen LogP contribution in [0.5, 0.6) is 0 Å². The molecule has 6 heteroatoms. The molecular formula is C39H24BrN5. The van der Waals surface area contributed by atoms with Crippen molar-refractivity contribution in [3.05, 3.63) is 150 Å². The maximum absolute atomic E-state index is 5.11. The summed E-state index contributed by atoms with van der Waals surface area (Å²) in [5, 5.41) is 4.63. The Morgan fingerprint density at radius 3 is 1.44 bits per heavy atom. The quantitative estimate of drug-likeness (QED) is 0.192. The molecule has 0 aliphatic rings. The van der Waals surface area contributed by atoms with Gasteiger partial charge in [0.1, 0.15) is 0 Å². The van der Waals surface area contributed by atoms with Crippen LogP contribution in [0.15, 0.2) is 150 Å². The lowest BCUT2D eigenvalue weighted by atomic mass is 10.1. The molecule has 0 amide bonds. The molecule has 0 fully saturated rings. The molecule has 3 aromatic heterocycles. The highest BCUT2D eigenvalue weighted by molar-refractivity contribution is 9.10. The molecule has 0 N–H and O–H groups in total. The second kappa shape index (κ2) is 10.3. The van der Waals surface area contributed by atoms with Crippen molar-refractivity contribution in [2.45, 2.75) is 0 Å². The van der Waals surface area contributed by atoms with Gasteiger partial charge in [0.05, 0.1) is 27.8 Å². The van der Waals surface area contributed by atoms with Crippen LogP contribution in [-0.2, 0) is 0 Å². The van der Waals surface area contributed by atoms with E-state index >= 15 is 0 Å². The molecule has 212 valence electrons. The first-order valence-electron chi connectivity index (χ1n) is 14.8. The van der Waals surface area contributed by atoms with Crippen molar-refractivity contribution < 1.29 is 0 Å². The van der Waals surface area contributed by atoms with Crippen LogP contribution < -0.4 is 0 Å². The molecule has 6 aromatic carbocycles. The van der Waals surface area contributed by atoms with Gasteiger partial charge in [-0.25, -0.2) is 4.98 Å². The molecule has 0 unspecified atom stereocenters. The minimum atomic E-state index is 0.586. The maximum Gasteiger partial charge on any atom is 0.238 e. The monoisotopic (exact) mass is 641 g/mol. The van der Waals surface area contributed by atoms with Crippen molar-refractivity contribution in [3.8, 4) is 34.4 Å². The lowest BCUT2D eigenvalue weighted by Crippen LogP contribution is -2.06. The Morgan fingerprint density at radius 2 is 0.867 bits per heavy atom. The van der Waals surface area contributed by atoms with Crippen molar-refractivity contribution in [3.63, 3.8) is 0 Å². The zero-order chi connectivity index (χ0) is 29.9. The SMILES string of the molecule is Brc1ccccc1-n1c2ccccc2c2cc3c(cc21)c1ccccc1n3-c1nc(-c2ccccc2)nc(-c2ccccc2)n1. The van der Waals surface area contributed by atoms with Gasteiger partial charge < -0.3 is 4.57 Å². The summed E-state index contributed by atoms with van der Waals surface area (Å²) in [6.45, 7) is 0. The van der Waals surface area contributed by atoms with Crippen LogP contribution in [0, 0.1) is 0 Å². The minimum absolute atomic E-state index is 0.586. The number of halogens is 1. The van der Waals surface area contributed by atoms with Gasteiger partial charge in [-0.15, -0.1) is 0 Å². The van der Waals surface area contributed by atoms with E-state index in [1.807, 2.05) is 60.7 Å². The van der Waals surface area contributed by atoms with Gasteiger partial charge in [0.2, 0.25) is 5.95 Å². The largest absolute Gasteiger partial charge is 0.308 e. The van der Waals surface area contributed by atoms with E-state index in [0.29, 0.717) is 17.6 Å². The lowest BCUT2D eigenvalue weighted by molar-refractivity contribution is 0.954. The Balaban J connectivity index is 1.40. The summed E-state index contributed by atoms with van der Waals surface area (Å²) < 4.78 is 5.58. The van der Waals surface area contributed by atoms with Gasteiger partial charge in [-0.2, -0.15) is 9.97 Å². The smallest absolute Gasteiger partial charge is 0.238 e. The van der Waals surface area contributed by atoms with Gasteiger partial charge in [0, 0.05) is 37.1 Å². The first-order valence-corrected chi connectivity index (χ1v) is 15.6. The normalized spacial score (nSPS) is 11.7. The third-order valence-corrected chi connectivity index (χ3v) is 9.12. The van der Waals surface area contributed by atoms with Crippen molar-refractivity contribution in [1.82, 2.24) is 24.1 Å². The molecule has 0 saturated heterocycles. The summed E-state index contributed by atoms with van der Waals surface area (Å²) >= 11 is 3.82. The molecule has 0 bridgehead atoms. The van der Waals surface area contributed by atoms with Crippen LogP contribution in [0.3, 0.4) is 0 Å². The fraction of sp³-hybridized carbons (Fsp3) is 0. The topological polar surface area (TPSA) is 48.5 Å². The van der Waals surface area contributed by atoms with Crippen LogP contribution in [0.2, 0.25) is 0 Å². The highest BCUT2D eigenvalue weighted by Gasteiger charge is 2.21. The third kappa shape index (κ3) is 4.10. The Hall–Kier alpha value is -5.59. The van der Waals surface area contributed by atoms with Crippen molar-refractivity contribution in [2.24, 2.45) is 0 Å². The number of hydrogen-bond donors (Lipinski definition) is 0. The highest BCUT2D eigenvalue weighted by Crippen LogP contribution is 2.40. The molecule has 45 heavy (non-hydrogen) atoms. The fourth-order valence-electron chi connectivity index (χ4n) is 6.44. The molecular weight excluding hydrogens is 618 g/mol. The van der Waals surface area contributed by atoms with Gasteiger partial charge in [0.25, 0.3) is 0 Å². The molecule has 0 aliphatic heterocycles. The van der Waals surface area contributed by atoms with Crippen LogP contribution in [0.25, 0.3) is 78.0 Å². The van der Waals surface area contributed by atoms with Crippen molar-refractivity contribution >= 4 is 59.5 Å². The van der Waals surface area contributed by atoms with Crippen molar-refractivity contribution in [1.29, 1.82) is 0 Å². The number of aromatic nitrogens is 5.